The van der Waals surface area contributed by atoms with Crippen molar-refractivity contribution in [3.8, 4) is 0 Å². The minimum atomic E-state index is 0.643. The van der Waals surface area contributed by atoms with Gasteiger partial charge in [-0.2, -0.15) is 0 Å². The Morgan fingerprint density at radius 3 is 2.81 bits per heavy atom. The van der Waals surface area contributed by atoms with Crippen LogP contribution >= 0.6 is 11.3 Å². The molecule has 1 N–H and O–H groups in total. The summed E-state index contributed by atoms with van der Waals surface area (Å²) in [6.07, 6.45) is 9.07. The van der Waals surface area contributed by atoms with Crippen LogP contribution in [0, 0.1) is 12.8 Å². The molecule has 0 aliphatic heterocycles. The third-order valence-corrected chi connectivity index (χ3v) is 4.51. The van der Waals surface area contributed by atoms with Crippen LogP contribution in [-0.4, -0.2) is 11.0 Å². The average molecular weight is 238 g/mol. The highest BCUT2D eigenvalue weighted by Gasteiger charge is 2.19. The number of aromatic nitrogens is 1. The largest absolute Gasteiger partial charge is 0.308 e. The van der Waals surface area contributed by atoms with Gasteiger partial charge in [-0.15, -0.1) is 11.3 Å². The first-order valence-electron chi connectivity index (χ1n) is 6.40. The minimum absolute atomic E-state index is 0.643. The molecule has 0 saturated heterocycles. The lowest BCUT2D eigenvalue weighted by atomic mass is 9.84. The van der Waals surface area contributed by atoms with Crippen molar-refractivity contribution < 1.29 is 0 Å². The molecule has 1 aromatic rings. The van der Waals surface area contributed by atoms with Crippen molar-refractivity contribution >= 4 is 11.3 Å². The van der Waals surface area contributed by atoms with Gasteiger partial charge in [0, 0.05) is 23.7 Å². The van der Waals surface area contributed by atoms with E-state index in [0.29, 0.717) is 6.04 Å². The van der Waals surface area contributed by atoms with Crippen molar-refractivity contribution in [2.45, 2.75) is 58.5 Å². The molecule has 1 saturated carbocycles. The molecule has 0 bridgehead atoms. The van der Waals surface area contributed by atoms with E-state index in [1.165, 1.54) is 42.0 Å². The maximum atomic E-state index is 4.39. The van der Waals surface area contributed by atoms with Crippen LogP contribution in [0.4, 0.5) is 0 Å². The van der Waals surface area contributed by atoms with Crippen LogP contribution < -0.4 is 5.32 Å². The predicted octanol–water partition coefficient (Wildman–Crippen LogP) is 3.51. The molecule has 1 atom stereocenters. The van der Waals surface area contributed by atoms with E-state index in [0.717, 1.165) is 12.5 Å². The van der Waals surface area contributed by atoms with Crippen molar-refractivity contribution in [2.24, 2.45) is 5.92 Å². The standard InChI is InChI=1S/C13H22N2S/c1-10-8-15-13(16-10)9-14-11(2)12-6-4-3-5-7-12/h8,11-12,14H,3-7,9H2,1-2H3. The number of aryl methyl sites for hydroxylation is 1. The van der Waals surface area contributed by atoms with Gasteiger partial charge >= 0.3 is 0 Å². The molecule has 1 fully saturated rings. The highest BCUT2D eigenvalue weighted by Crippen LogP contribution is 2.26. The first-order chi connectivity index (χ1) is 7.75. The maximum absolute atomic E-state index is 4.39. The SMILES string of the molecule is Cc1cnc(CNC(C)C2CCCCC2)s1. The quantitative estimate of drug-likeness (QED) is 0.868. The monoisotopic (exact) mass is 238 g/mol. The second-order valence-electron chi connectivity index (χ2n) is 4.93. The number of nitrogens with one attached hydrogen (secondary N) is 1. The summed E-state index contributed by atoms with van der Waals surface area (Å²) in [5.41, 5.74) is 0. The zero-order chi connectivity index (χ0) is 11.4. The molecule has 3 heteroatoms. The zero-order valence-corrected chi connectivity index (χ0v) is 11.1. The van der Waals surface area contributed by atoms with Crippen LogP contribution in [-0.2, 0) is 6.54 Å². The first kappa shape index (κ1) is 12.1. The van der Waals surface area contributed by atoms with E-state index in [4.69, 9.17) is 0 Å². The van der Waals surface area contributed by atoms with Crippen molar-refractivity contribution in [2.75, 3.05) is 0 Å². The third kappa shape index (κ3) is 3.29. The van der Waals surface area contributed by atoms with E-state index in [9.17, 15) is 0 Å². The summed E-state index contributed by atoms with van der Waals surface area (Å²) in [5.74, 6) is 0.884. The van der Waals surface area contributed by atoms with E-state index in [1.54, 1.807) is 11.3 Å². The Bertz CT molecular complexity index is 315. The Morgan fingerprint density at radius 1 is 1.44 bits per heavy atom. The smallest absolute Gasteiger partial charge is 0.107 e. The van der Waals surface area contributed by atoms with Gasteiger partial charge in [-0.05, 0) is 32.6 Å². The Balaban J connectivity index is 1.76. The van der Waals surface area contributed by atoms with Crippen molar-refractivity contribution in [3.63, 3.8) is 0 Å². The van der Waals surface area contributed by atoms with Gasteiger partial charge in [-0.3, -0.25) is 0 Å². The van der Waals surface area contributed by atoms with Crippen LogP contribution in [0.25, 0.3) is 0 Å². The second-order valence-corrected chi connectivity index (χ2v) is 6.25. The number of thiazole rings is 1. The van der Waals surface area contributed by atoms with Crippen molar-refractivity contribution in [1.82, 2.24) is 10.3 Å². The molecule has 1 heterocycles. The molecule has 1 aliphatic rings. The van der Waals surface area contributed by atoms with Gasteiger partial charge < -0.3 is 5.32 Å². The van der Waals surface area contributed by atoms with Gasteiger partial charge in [-0.25, -0.2) is 4.98 Å². The van der Waals surface area contributed by atoms with Gasteiger partial charge in [0.15, 0.2) is 0 Å². The molecular formula is C13H22N2S. The summed E-state index contributed by atoms with van der Waals surface area (Å²) in [6.45, 7) is 5.39. The highest BCUT2D eigenvalue weighted by atomic mass is 32.1. The molecule has 1 aliphatic carbocycles. The molecule has 0 aromatic carbocycles. The summed E-state index contributed by atoms with van der Waals surface area (Å²) in [6, 6.07) is 0.643. The van der Waals surface area contributed by atoms with Gasteiger partial charge in [0.05, 0.1) is 0 Å². The van der Waals surface area contributed by atoms with Crippen LogP contribution in [0.2, 0.25) is 0 Å². The van der Waals surface area contributed by atoms with Gasteiger partial charge in [-0.1, -0.05) is 19.3 Å². The summed E-state index contributed by atoms with van der Waals surface area (Å²) in [4.78, 5) is 5.70. The maximum Gasteiger partial charge on any atom is 0.107 e. The third-order valence-electron chi connectivity index (χ3n) is 3.60. The van der Waals surface area contributed by atoms with Crippen LogP contribution in [0.15, 0.2) is 6.20 Å². The van der Waals surface area contributed by atoms with E-state index >= 15 is 0 Å². The van der Waals surface area contributed by atoms with E-state index in [2.05, 4.69) is 24.1 Å². The Kier molecular flexibility index (Phi) is 4.36. The Hall–Kier alpha value is -0.410. The number of hydrogen-bond donors (Lipinski definition) is 1. The van der Waals surface area contributed by atoms with Crippen molar-refractivity contribution in [1.29, 1.82) is 0 Å². The van der Waals surface area contributed by atoms with E-state index in [-0.39, 0.29) is 0 Å². The molecule has 1 unspecified atom stereocenters. The molecule has 1 aromatic heterocycles. The normalized spacial score (nSPS) is 19.9. The zero-order valence-electron chi connectivity index (χ0n) is 10.3. The number of nitrogens with zero attached hydrogens (tertiary/aromatic N) is 1. The number of rotatable bonds is 4. The summed E-state index contributed by atoms with van der Waals surface area (Å²) in [7, 11) is 0. The lowest BCUT2D eigenvalue weighted by Gasteiger charge is -2.28. The topological polar surface area (TPSA) is 24.9 Å². The molecule has 0 radical (unpaired) electrons. The fourth-order valence-corrected chi connectivity index (χ4v) is 3.27. The lowest BCUT2D eigenvalue weighted by Crippen LogP contribution is -2.34. The highest BCUT2D eigenvalue weighted by molar-refractivity contribution is 7.11. The van der Waals surface area contributed by atoms with E-state index < -0.39 is 0 Å². The molecule has 2 rings (SSSR count). The molecule has 16 heavy (non-hydrogen) atoms. The fourth-order valence-electron chi connectivity index (χ4n) is 2.53. The van der Waals surface area contributed by atoms with Gasteiger partial charge in [0.1, 0.15) is 5.01 Å². The second kappa shape index (κ2) is 5.78. The van der Waals surface area contributed by atoms with Crippen LogP contribution in [0.3, 0.4) is 0 Å². The van der Waals surface area contributed by atoms with Crippen molar-refractivity contribution in [3.05, 3.63) is 16.1 Å². The van der Waals surface area contributed by atoms with Crippen LogP contribution in [0.1, 0.15) is 48.9 Å². The average Bonchev–Trinajstić information content (AvgIpc) is 2.73. The predicted molar refractivity (Wildman–Crippen MR) is 69.7 cm³/mol. The fraction of sp³-hybridized carbons (Fsp3) is 0.769. The molecule has 90 valence electrons. The Morgan fingerprint density at radius 2 is 2.19 bits per heavy atom. The minimum Gasteiger partial charge on any atom is -0.308 e. The molecule has 0 spiro atoms. The summed E-state index contributed by atoms with van der Waals surface area (Å²) >= 11 is 1.80. The summed E-state index contributed by atoms with van der Waals surface area (Å²) < 4.78 is 0. The van der Waals surface area contributed by atoms with Gasteiger partial charge in [0.25, 0.3) is 0 Å². The Labute approximate surface area is 102 Å². The lowest BCUT2D eigenvalue weighted by molar-refractivity contribution is 0.280. The first-order valence-corrected chi connectivity index (χ1v) is 7.22. The number of hydrogen-bond acceptors (Lipinski definition) is 3. The van der Waals surface area contributed by atoms with Crippen LogP contribution in [0.5, 0.6) is 0 Å². The molecular weight excluding hydrogens is 216 g/mol. The molecule has 0 amide bonds. The van der Waals surface area contributed by atoms with E-state index in [1.807, 2.05) is 6.20 Å². The molecule has 2 nitrogen and oxygen atoms in total. The van der Waals surface area contributed by atoms with Gasteiger partial charge in [0.2, 0.25) is 0 Å². The summed E-state index contributed by atoms with van der Waals surface area (Å²) in [5, 5.41) is 4.85.